The molecule has 0 saturated carbocycles. The molecule has 0 aromatic heterocycles. The van der Waals surface area contributed by atoms with Crippen LogP contribution in [0.4, 0.5) is 0 Å². The molecule has 0 aromatic carbocycles. The van der Waals surface area contributed by atoms with Crippen LogP contribution >= 0.6 is 0 Å². The lowest BCUT2D eigenvalue weighted by molar-refractivity contribution is 0.400. The first-order valence-electron chi connectivity index (χ1n) is 9.01. The quantitative estimate of drug-likeness (QED) is 0.361. The van der Waals surface area contributed by atoms with Crippen LogP contribution < -0.4 is 0 Å². The molecule has 0 N–H and O–H groups in total. The molecule has 0 unspecified atom stereocenters. The van der Waals surface area contributed by atoms with E-state index in [1.165, 1.54) is 0 Å². The predicted molar refractivity (Wildman–Crippen MR) is 131 cm³/mol. The van der Waals surface area contributed by atoms with Crippen molar-refractivity contribution in [2.24, 2.45) is 0 Å². The van der Waals surface area contributed by atoms with Gasteiger partial charge in [-0.05, 0) is 65.5 Å². The summed E-state index contributed by atoms with van der Waals surface area (Å²) in [6, 6.07) is 0. The number of rotatable bonds is 10. The van der Waals surface area contributed by atoms with Gasteiger partial charge < -0.3 is 12.3 Å². The van der Waals surface area contributed by atoms with E-state index in [-0.39, 0.29) is 0 Å². The normalized spacial score (nSPS) is 13.3. The van der Waals surface area contributed by atoms with E-state index in [9.17, 15) is 0 Å². The van der Waals surface area contributed by atoms with Crippen molar-refractivity contribution in [1.82, 2.24) is 0 Å². The van der Waals surface area contributed by atoms with Crippen LogP contribution in [0.3, 0.4) is 0 Å². The van der Waals surface area contributed by atoms with Crippen molar-refractivity contribution in [3.05, 3.63) is 49.1 Å². The van der Waals surface area contributed by atoms with Gasteiger partial charge in [0.2, 0.25) is 0 Å². The van der Waals surface area contributed by atoms with Crippen LogP contribution in [0.2, 0.25) is 65.5 Å². The fourth-order valence-corrected chi connectivity index (χ4v) is 19.6. The summed E-state index contributed by atoms with van der Waals surface area (Å²) in [6.07, 6.45) is 0. The van der Waals surface area contributed by atoms with Crippen LogP contribution in [0.25, 0.3) is 0 Å². The second-order valence-electron chi connectivity index (χ2n) is 8.94. The van der Waals surface area contributed by atoms with Crippen molar-refractivity contribution < 1.29 is 12.3 Å². The first-order chi connectivity index (χ1) is 11.4. The lowest BCUT2D eigenvalue weighted by Gasteiger charge is -2.36. The lowest BCUT2D eigenvalue weighted by atomic mass is 11.3. The van der Waals surface area contributed by atoms with Gasteiger partial charge in [-0.1, -0.05) is 22.8 Å². The van der Waals surface area contributed by atoms with E-state index in [0.29, 0.717) is 0 Å². The summed E-state index contributed by atoms with van der Waals surface area (Å²) in [5, 5.41) is 0. The maximum atomic E-state index is 6.14. The second-order valence-corrected chi connectivity index (χ2v) is 28.6. The van der Waals surface area contributed by atoms with Crippen molar-refractivity contribution in [3.63, 3.8) is 0 Å². The number of hydrogen-bond donors (Lipinski definition) is 0. The molecule has 0 aliphatic carbocycles. The van der Waals surface area contributed by atoms with Gasteiger partial charge in [-0.25, -0.2) is 0 Å². The summed E-state index contributed by atoms with van der Waals surface area (Å²) >= 11 is 0. The molecule has 0 amide bonds. The highest BCUT2D eigenvalue weighted by Gasteiger charge is 2.37. The van der Waals surface area contributed by atoms with E-state index in [0.717, 1.165) is 0 Å². The Balaban J connectivity index is 0. The minimum Gasteiger partial charge on any atom is -0.449 e. The first-order valence-corrected chi connectivity index (χ1v) is 23.8. The summed E-state index contributed by atoms with van der Waals surface area (Å²) < 4.78 is 18.2. The van der Waals surface area contributed by atoms with Crippen molar-refractivity contribution >= 4 is 41.8 Å². The average Bonchev–Trinajstić information content (AvgIpc) is 2.44. The average molecular weight is 447 g/mol. The van der Waals surface area contributed by atoms with E-state index in [1.54, 1.807) is 0 Å². The highest BCUT2D eigenvalue weighted by molar-refractivity contribution is 6.91. The molecule has 152 valence electrons. The standard InChI is InChI=1S/C10H24O2Si3.C8H18OSi2/c1-9-13(3,4)11-15(7,8)12-14(5,6)10-2;1-7-10(3,4)9-11(5,6)8-2/h9-10H,1-2H2,3-8H3;7-8H,1-2H2,3-6H3. The Morgan fingerprint density at radius 2 is 0.615 bits per heavy atom. The molecule has 0 aliphatic rings. The fourth-order valence-electron chi connectivity index (χ4n) is 2.13. The van der Waals surface area contributed by atoms with E-state index in [1.807, 2.05) is 22.8 Å². The highest BCUT2D eigenvalue weighted by Crippen LogP contribution is 2.21. The summed E-state index contributed by atoms with van der Waals surface area (Å²) in [4.78, 5) is 0. The van der Waals surface area contributed by atoms with Crippen LogP contribution in [-0.2, 0) is 12.3 Å². The zero-order valence-electron chi connectivity index (χ0n) is 18.9. The van der Waals surface area contributed by atoms with Crippen molar-refractivity contribution in [2.75, 3.05) is 0 Å². The van der Waals surface area contributed by atoms with Gasteiger partial charge in [-0.2, -0.15) is 0 Å². The zero-order valence-corrected chi connectivity index (χ0v) is 23.9. The molecular formula is C18H42O3Si5. The Hall–Kier alpha value is -0.0756. The van der Waals surface area contributed by atoms with Crippen molar-refractivity contribution in [1.29, 1.82) is 0 Å². The Bertz CT molecular complexity index is 455. The topological polar surface area (TPSA) is 27.7 Å². The molecule has 0 heterocycles. The minimum atomic E-state index is -2.04. The number of hydrogen-bond acceptors (Lipinski definition) is 3. The lowest BCUT2D eigenvalue weighted by Crippen LogP contribution is -2.51. The fraction of sp³-hybridized carbons (Fsp3) is 0.556. The van der Waals surface area contributed by atoms with Crippen LogP contribution in [0.15, 0.2) is 49.1 Å². The third kappa shape index (κ3) is 14.0. The minimum absolute atomic E-state index is 1.58. The van der Waals surface area contributed by atoms with E-state index in [2.05, 4.69) is 91.8 Å². The van der Waals surface area contributed by atoms with Gasteiger partial charge in [0, 0.05) is 0 Å². The molecule has 0 saturated heterocycles. The van der Waals surface area contributed by atoms with Crippen LogP contribution in [0.5, 0.6) is 0 Å². The Morgan fingerprint density at radius 3 is 0.808 bits per heavy atom. The maximum Gasteiger partial charge on any atom is 0.311 e. The smallest absolute Gasteiger partial charge is 0.311 e. The molecule has 8 heteroatoms. The summed E-state index contributed by atoms with van der Waals surface area (Å²) in [5.74, 6) is 0. The first kappa shape index (κ1) is 28.1. The van der Waals surface area contributed by atoms with Crippen LogP contribution in [-0.4, -0.2) is 41.8 Å². The molecule has 3 nitrogen and oxygen atoms in total. The molecule has 0 aliphatic heterocycles. The SMILES string of the molecule is C=C[Si](C)(C)O[Si](C)(C)C=C.C=C[Si](C)(C)O[Si](C)(C)O[Si](C)(C)C=C. The molecule has 0 bridgehead atoms. The van der Waals surface area contributed by atoms with E-state index in [4.69, 9.17) is 12.3 Å². The maximum absolute atomic E-state index is 6.14. The van der Waals surface area contributed by atoms with Gasteiger partial charge >= 0.3 is 8.56 Å². The van der Waals surface area contributed by atoms with Crippen LogP contribution in [0, 0.1) is 0 Å². The van der Waals surface area contributed by atoms with Crippen LogP contribution in [0.1, 0.15) is 0 Å². The van der Waals surface area contributed by atoms with Crippen molar-refractivity contribution in [3.8, 4) is 0 Å². The van der Waals surface area contributed by atoms with Gasteiger partial charge in [-0.15, -0.1) is 26.3 Å². The summed E-state index contributed by atoms with van der Waals surface area (Å²) in [6.45, 7) is 36.6. The highest BCUT2D eigenvalue weighted by atomic mass is 28.5. The van der Waals surface area contributed by atoms with Gasteiger partial charge in [0.15, 0.2) is 33.3 Å². The largest absolute Gasteiger partial charge is 0.449 e. The third-order valence-corrected chi connectivity index (χ3v) is 19.8. The molecule has 0 spiro atoms. The van der Waals surface area contributed by atoms with E-state index >= 15 is 0 Å². The monoisotopic (exact) mass is 446 g/mol. The molecule has 0 fully saturated rings. The molecule has 0 rings (SSSR count). The molecule has 0 atom stereocenters. The Labute approximate surface area is 168 Å². The van der Waals surface area contributed by atoms with Gasteiger partial charge in [0.25, 0.3) is 0 Å². The van der Waals surface area contributed by atoms with Gasteiger partial charge in [-0.3, -0.25) is 0 Å². The molecular weight excluding hydrogens is 405 g/mol. The van der Waals surface area contributed by atoms with Crippen molar-refractivity contribution in [2.45, 2.75) is 65.5 Å². The third-order valence-electron chi connectivity index (χ3n) is 3.51. The Morgan fingerprint density at radius 1 is 0.423 bits per heavy atom. The van der Waals surface area contributed by atoms with E-state index < -0.39 is 41.8 Å². The Kier molecular flexibility index (Phi) is 11.3. The van der Waals surface area contributed by atoms with Gasteiger partial charge in [0.1, 0.15) is 0 Å². The molecule has 26 heavy (non-hydrogen) atoms. The zero-order chi connectivity index (χ0) is 21.4. The summed E-state index contributed by atoms with van der Waals surface area (Å²) in [7, 11) is -8.67. The summed E-state index contributed by atoms with van der Waals surface area (Å²) in [5.41, 5.74) is 7.83. The second kappa shape index (κ2) is 10.5. The molecule has 0 aromatic rings. The van der Waals surface area contributed by atoms with Gasteiger partial charge in [0.05, 0.1) is 0 Å². The molecule has 0 radical (unpaired) electrons. The predicted octanol–water partition coefficient (Wildman–Crippen LogP) is 6.45.